The lowest BCUT2D eigenvalue weighted by Gasteiger charge is -2.08. The summed E-state index contributed by atoms with van der Waals surface area (Å²) in [6.07, 6.45) is -2.69. The Balaban J connectivity index is 3.18. The first-order valence-corrected chi connectivity index (χ1v) is 5.67. The molecule has 88 valence electrons. The zero-order valence-electron chi connectivity index (χ0n) is 8.76. The highest BCUT2D eigenvalue weighted by Crippen LogP contribution is 2.24. The van der Waals surface area contributed by atoms with E-state index in [1.54, 1.807) is 13.8 Å². The highest BCUT2D eigenvalue weighted by Gasteiger charge is 2.19. The molecule has 0 aliphatic rings. The van der Waals surface area contributed by atoms with Crippen molar-refractivity contribution in [2.45, 2.75) is 20.3 Å². The third-order valence-corrected chi connectivity index (χ3v) is 3.06. The number of alkyl halides is 2. The van der Waals surface area contributed by atoms with E-state index in [0.717, 1.165) is 0 Å². The van der Waals surface area contributed by atoms with Crippen LogP contribution in [0.5, 0.6) is 0 Å². The van der Waals surface area contributed by atoms with Crippen molar-refractivity contribution in [3.63, 3.8) is 0 Å². The molecule has 1 aromatic heterocycles. The molecule has 0 amide bonds. The van der Waals surface area contributed by atoms with Crippen LogP contribution in [0.1, 0.15) is 35.1 Å². The number of hydrogen-bond acceptors (Lipinski definition) is 3. The van der Waals surface area contributed by atoms with Gasteiger partial charge in [0.15, 0.2) is 0 Å². The molecule has 0 spiro atoms. The predicted molar refractivity (Wildman–Crippen MR) is 62.6 cm³/mol. The molecule has 0 aliphatic heterocycles. The topological polar surface area (TPSA) is 39.2 Å². The first-order chi connectivity index (χ1) is 7.47. The number of ether oxygens (including phenoxy) is 1. The molecule has 0 aromatic carbocycles. The third kappa shape index (κ3) is 2.87. The van der Waals surface area contributed by atoms with Gasteiger partial charge in [-0.15, -0.1) is 0 Å². The number of carbonyl (C=O) groups excluding carboxylic acids is 1. The van der Waals surface area contributed by atoms with Crippen molar-refractivity contribution in [2.24, 2.45) is 0 Å². The average Bonchev–Trinajstić information content (AvgIpc) is 2.21. The number of aromatic nitrogens is 1. The molecule has 0 aliphatic carbocycles. The minimum absolute atomic E-state index is 0.0767. The van der Waals surface area contributed by atoms with Crippen LogP contribution in [0.2, 0.25) is 0 Å². The van der Waals surface area contributed by atoms with E-state index in [1.807, 2.05) is 22.6 Å². The molecule has 0 fully saturated rings. The van der Waals surface area contributed by atoms with Gasteiger partial charge >= 0.3 is 5.97 Å². The van der Waals surface area contributed by atoms with Gasteiger partial charge in [0, 0.05) is 3.57 Å². The van der Waals surface area contributed by atoms with Crippen molar-refractivity contribution >= 4 is 28.6 Å². The second-order valence-corrected chi connectivity index (χ2v) is 4.18. The maximum absolute atomic E-state index is 12.6. The molecule has 0 saturated carbocycles. The molecular weight excluding hydrogens is 331 g/mol. The quantitative estimate of drug-likeness (QED) is 0.627. The van der Waals surface area contributed by atoms with E-state index < -0.39 is 12.4 Å². The van der Waals surface area contributed by atoms with Crippen molar-refractivity contribution in [1.29, 1.82) is 0 Å². The van der Waals surface area contributed by atoms with Gasteiger partial charge in [-0.2, -0.15) is 0 Å². The highest BCUT2D eigenvalue weighted by molar-refractivity contribution is 14.1. The third-order valence-electron chi connectivity index (χ3n) is 1.94. The van der Waals surface area contributed by atoms with Crippen LogP contribution in [0.4, 0.5) is 8.78 Å². The van der Waals surface area contributed by atoms with Gasteiger partial charge in [-0.3, -0.25) is 0 Å². The molecule has 1 heterocycles. The lowest BCUT2D eigenvalue weighted by atomic mass is 10.2. The Morgan fingerprint density at radius 2 is 2.25 bits per heavy atom. The summed E-state index contributed by atoms with van der Waals surface area (Å²) in [5, 5.41) is 0. The van der Waals surface area contributed by atoms with Crippen LogP contribution in [-0.4, -0.2) is 17.6 Å². The number of hydrogen-bond donors (Lipinski definition) is 0. The number of pyridine rings is 1. The minimum atomic E-state index is -2.69. The molecule has 0 atom stereocenters. The van der Waals surface area contributed by atoms with Crippen molar-refractivity contribution in [3.8, 4) is 0 Å². The van der Waals surface area contributed by atoms with Gasteiger partial charge in [-0.1, -0.05) is 0 Å². The number of carbonyl (C=O) groups is 1. The second-order valence-electron chi connectivity index (χ2n) is 3.02. The van der Waals surface area contributed by atoms with Crippen LogP contribution in [-0.2, 0) is 4.74 Å². The van der Waals surface area contributed by atoms with Crippen molar-refractivity contribution in [1.82, 2.24) is 4.98 Å². The summed E-state index contributed by atoms with van der Waals surface area (Å²) < 4.78 is 30.5. The molecule has 16 heavy (non-hydrogen) atoms. The van der Waals surface area contributed by atoms with E-state index in [0.29, 0.717) is 9.13 Å². The molecule has 6 heteroatoms. The summed E-state index contributed by atoms with van der Waals surface area (Å²) in [7, 11) is 0. The lowest BCUT2D eigenvalue weighted by Crippen LogP contribution is -2.10. The van der Waals surface area contributed by atoms with Gasteiger partial charge in [0.25, 0.3) is 6.43 Å². The van der Waals surface area contributed by atoms with E-state index in [2.05, 4.69) is 4.98 Å². The molecule has 0 N–H and O–H groups in total. The second kappa shape index (κ2) is 5.51. The SMILES string of the molecule is CCOC(=O)c1cc(I)c(C)c(C(F)F)n1. The molecule has 3 nitrogen and oxygen atoms in total. The maximum Gasteiger partial charge on any atom is 0.356 e. The fourth-order valence-corrected chi connectivity index (χ4v) is 1.69. The fraction of sp³-hybridized carbons (Fsp3) is 0.400. The Morgan fingerprint density at radius 3 is 2.75 bits per heavy atom. The van der Waals surface area contributed by atoms with E-state index in [9.17, 15) is 13.6 Å². The summed E-state index contributed by atoms with van der Waals surface area (Å²) in [4.78, 5) is 15.0. The number of halogens is 3. The smallest absolute Gasteiger partial charge is 0.356 e. The summed E-state index contributed by atoms with van der Waals surface area (Å²) in [5.74, 6) is -0.678. The van der Waals surface area contributed by atoms with E-state index in [4.69, 9.17) is 4.74 Å². The summed E-state index contributed by atoms with van der Waals surface area (Å²) in [5.41, 5.74) is -0.0502. The van der Waals surface area contributed by atoms with Crippen LogP contribution in [0.15, 0.2) is 6.07 Å². The lowest BCUT2D eigenvalue weighted by molar-refractivity contribution is 0.0517. The highest BCUT2D eigenvalue weighted by atomic mass is 127. The van der Waals surface area contributed by atoms with Crippen molar-refractivity contribution < 1.29 is 18.3 Å². The molecule has 0 unspecified atom stereocenters. The molecule has 1 rings (SSSR count). The monoisotopic (exact) mass is 341 g/mol. The Kier molecular flexibility index (Phi) is 4.57. The first kappa shape index (κ1) is 13.3. The number of nitrogens with zero attached hydrogens (tertiary/aromatic N) is 1. The van der Waals surface area contributed by atoms with E-state index in [-0.39, 0.29) is 18.0 Å². The van der Waals surface area contributed by atoms with Gasteiger partial charge < -0.3 is 4.74 Å². The number of esters is 1. The van der Waals surface area contributed by atoms with Crippen molar-refractivity contribution in [2.75, 3.05) is 6.61 Å². The average molecular weight is 341 g/mol. The van der Waals surface area contributed by atoms with E-state index >= 15 is 0 Å². The summed E-state index contributed by atoms with van der Waals surface area (Å²) >= 11 is 1.89. The molecule has 0 radical (unpaired) electrons. The minimum Gasteiger partial charge on any atom is -0.461 e. The summed E-state index contributed by atoms with van der Waals surface area (Å²) in [6.45, 7) is 3.38. The van der Waals surface area contributed by atoms with Crippen LogP contribution in [0, 0.1) is 10.5 Å². The van der Waals surface area contributed by atoms with Crippen LogP contribution in [0.3, 0.4) is 0 Å². The fourth-order valence-electron chi connectivity index (χ4n) is 1.12. The summed E-state index contributed by atoms with van der Waals surface area (Å²) in [6, 6.07) is 1.44. The van der Waals surface area contributed by atoms with Crippen LogP contribution in [0.25, 0.3) is 0 Å². The van der Waals surface area contributed by atoms with Gasteiger partial charge in [-0.05, 0) is 48.1 Å². The Labute approximate surface area is 105 Å². The van der Waals surface area contributed by atoms with Gasteiger partial charge in [0.05, 0.1) is 6.61 Å². The molecular formula is C10H10F2INO2. The number of rotatable bonds is 3. The maximum atomic E-state index is 12.6. The standard InChI is InChI=1S/C10H10F2INO2/c1-3-16-10(15)7-4-6(13)5(2)8(14-7)9(11)12/h4,9H,3H2,1-2H3. The van der Waals surface area contributed by atoms with Crippen molar-refractivity contribution in [3.05, 3.63) is 26.6 Å². The zero-order valence-corrected chi connectivity index (χ0v) is 10.9. The van der Waals surface area contributed by atoms with Gasteiger partial charge in [0.2, 0.25) is 0 Å². The van der Waals surface area contributed by atoms with Gasteiger partial charge in [-0.25, -0.2) is 18.6 Å². The van der Waals surface area contributed by atoms with Crippen LogP contribution < -0.4 is 0 Å². The Bertz CT molecular complexity index is 410. The first-order valence-electron chi connectivity index (χ1n) is 4.59. The molecule has 0 saturated heterocycles. The zero-order chi connectivity index (χ0) is 12.3. The van der Waals surface area contributed by atoms with Crippen LogP contribution >= 0.6 is 22.6 Å². The van der Waals surface area contributed by atoms with Gasteiger partial charge in [0.1, 0.15) is 11.4 Å². The Morgan fingerprint density at radius 1 is 1.62 bits per heavy atom. The molecule has 1 aromatic rings. The largest absolute Gasteiger partial charge is 0.461 e. The molecule has 0 bridgehead atoms. The van der Waals surface area contributed by atoms with E-state index in [1.165, 1.54) is 6.07 Å². The predicted octanol–water partition coefficient (Wildman–Crippen LogP) is 3.11. The normalized spacial score (nSPS) is 10.6. The Hall–Kier alpha value is -0.790.